The molecule has 1 amide bonds. The second kappa shape index (κ2) is 9.71. The maximum atomic E-state index is 12.5. The molecule has 0 bridgehead atoms. The Kier molecular flexibility index (Phi) is 7.06. The molecule has 0 aliphatic carbocycles. The van der Waals surface area contributed by atoms with E-state index in [1.807, 2.05) is 12.1 Å². The first-order chi connectivity index (χ1) is 13.1. The molecule has 1 aromatic carbocycles. The predicted octanol–water partition coefficient (Wildman–Crippen LogP) is 2.47. The van der Waals surface area contributed by atoms with Crippen molar-refractivity contribution in [2.24, 2.45) is 5.92 Å². The first-order valence-electron chi connectivity index (χ1n) is 9.36. The Balaban J connectivity index is 1.41. The molecule has 2 heterocycles. The van der Waals surface area contributed by atoms with Crippen molar-refractivity contribution in [3.63, 3.8) is 0 Å². The van der Waals surface area contributed by atoms with Crippen molar-refractivity contribution in [1.82, 2.24) is 25.2 Å². The molecule has 27 heavy (non-hydrogen) atoms. The van der Waals surface area contributed by atoms with Gasteiger partial charge in [0, 0.05) is 25.2 Å². The monoisotopic (exact) mass is 391 g/mol. The number of hydrogen-bond donors (Lipinski definition) is 1. The highest BCUT2D eigenvalue weighted by atomic mass is 35.5. The van der Waals surface area contributed by atoms with Gasteiger partial charge in [0.25, 0.3) is 5.91 Å². The minimum Gasteiger partial charge on any atom is -0.494 e. The van der Waals surface area contributed by atoms with Crippen LogP contribution in [0, 0.1) is 5.92 Å². The van der Waals surface area contributed by atoms with E-state index in [9.17, 15) is 4.79 Å². The van der Waals surface area contributed by atoms with E-state index < -0.39 is 0 Å². The quantitative estimate of drug-likeness (QED) is 0.700. The number of piperidine rings is 1. The van der Waals surface area contributed by atoms with Crippen LogP contribution in [0.25, 0.3) is 0 Å². The molecule has 3 rings (SSSR count). The maximum absolute atomic E-state index is 12.5. The van der Waals surface area contributed by atoms with Crippen molar-refractivity contribution in [2.75, 3.05) is 33.3 Å². The highest BCUT2D eigenvalue weighted by Gasteiger charge is 2.18. The van der Waals surface area contributed by atoms with Gasteiger partial charge >= 0.3 is 0 Å². The molecule has 8 heteroatoms. The zero-order chi connectivity index (χ0) is 19.1. The largest absolute Gasteiger partial charge is 0.494 e. The average Bonchev–Trinajstić information content (AvgIpc) is 3.15. The lowest BCUT2D eigenvalue weighted by Crippen LogP contribution is -2.32. The van der Waals surface area contributed by atoms with E-state index in [-0.39, 0.29) is 5.91 Å². The molecule has 1 aliphatic heterocycles. The van der Waals surface area contributed by atoms with Crippen LogP contribution < -0.4 is 10.1 Å². The molecule has 1 N–H and O–H groups in total. The van der Waals surface area contributed by atoms with Crippen LogP contribution in [0.4, 0.5) is 0 Å². The third-order valence-corrected chi connectivity index (χ3v) is 4.92. The maximum Gasteiger partial charge on any atom is 0.275 e. The third-order valence-electron chi connectivity index (χ3n) is 4.67. The van der Waals surface area contributed by atoms with Gasteiger partial charge in [0.15, 0.2) is 5.69 Å². The second-order valence-corrected chi connectivity index (χ2v) is 7.36. The molecular formula is C19H26ClN5O2. The number of carbonyl (C=O) groups excluding carboxylic acids is 1. The van der Waals surface area contributed by atoms with Crippen LogP contribution in [0.5, 0.6) is 5.75 Å². The number of amides is 1. The van der Waals surface area contributed by atoms with Gasteiger partial charge in [-0.2, -0.15) is 0 Å². The molecule has 1 aromatic heterocycles. The van der Waals surface area contributed by atoms with Crippen molar-refractivity contribution in [3.8, 4) is 5.75 Å². The molecule has 7 nitrogen and oxygen atoms in total. The van der Waals surface area contributed by atoms with E-state index in [1.54, 1.807) is 35.0 Å². The van der Waals surface area contributed by atoms with Crippen LogP contribution in [0.2, 0.25) is 5.02 Å². The standard InChI is InChI=1S/C19H26ClN5O2/c1-24(10-3-11-27-17-7-5-16(20)6-8-17)19(26)18-14-25(23-22-18)13-15-4-2-9-21-12-15/h5-8,14-15,21H,2-4,9-13H2,1H3/t15-/m1/s1. The Morgan fingerprint density at radius 3 is 2.96 bits per heavy atom. The number of carbonyl (C=O) groups is 1. The van der Waals surface area contributed by atoms with Gasteiger partial charge in [0.05, 0.1) is 12.8 Å². The van der Waals surface area contributed by atoms with Gasteiger partial charge in [0.1, 0.15) is 5.75 Å². The molecule has 1 aliphatic rings. The fourth-order valence-electron chi connectivity index (χ4n) is 3.15. The third kappa shape index (κ3) is 5.94. The molecule has 0 saturated carbocycles. The zero-order valence-electron chi connectivity index (χ0n) is 15.6. The lowest BCUT2D eigenvalue weighted by Gasteiger charge is -2.22. The van der Waals surface area contributed by atoms with Crippen LogP contribution in [0.1, 0.15) is 29.8 Å². The Morgan fingerprint density at radius 2 is 2.22 bits per heavy atom. The molecule has 1 saturated heterocycles. The SMILES string of the molecule is CN(CCCOc1ccc(Cl)cc1)C(=O)c1cn(C[C@@H]2CCCNC2)nn1. The lowest BCUT2D eigenvalue weighted by atomic mass is 10.00. The van der Waals surface area contributed by atoms with E-state index in [0.29, 0.717) is 29.8 Å². The fraction of sp³-hybridized carbons (Fsp3) is 0.526. The van der Waals surface area contributed by atoms with Crippen molar-refractivity contribution in [1.29, 1.82) is 0 Å². The van der Waals surface area contributed by atoms with E-state index in [4.69, 9.17) is 16.3 Å². The first kappa shape index (κ1) is 19.6. The number of benzene rings is 1. The second-order valence-electron chi connectivity index (χ2n) is 6.92. The number of rotatable bonds is 8. The van der Waals surface area contributed by atoms with E-state index in [1.165, 1.54) is 12.8 Å². The summed E-state index contributed by atoms with van der Waals surface area (Å²) in [5.41, 5.74) is 0.389. The molecule has 1 fully saturated rings. The molecule has 1 atom stereocenters. The van der Waals surface area contributed by atoms with Gasteiger partial charge in [0.2, 0.25) is 0 Å². The van der Waals surface area contributed by atoms with Gasteiger partial charge in [-0.1, -0.05) is 16.8 Å². The molecular weight excluding hydrogens is 366 g/mol. The van der Waals surface area contributed by atoms with E-state index in [0.717, 1.165) is 31.8 Å². The molecule has 0 spiro atoms. The molecule has 146 valence electrons. The Bertz CT molecular complexity index is 728. The molecule has 0 radical (unpaired) electrons. The van der Waals surface area contributed by atoms with Gasteiger partial charge < -0.3 is 15.0 Å². The summed E-state index contributed by atoms with van der Waals surface area (Å²) in [5, 5.41) is 12.2. The highest BCUT2D eigenvalue weighted by molar-refractivity contribution is 6.30. The normalized spacial score (nSPS) is 16.9. The van der Waals surface area contributed by atoms with Gasteiger partial charge in [-0.3, -0.25) is 9.48 Å². The lowest BCUT2D eigenvalue weighted by molar-refractivity contribution is 0.0782. The summed E-state index contributed by atoms with van der Waals surface area (Å²) in [4.78, 5) is 14.1. The average molecular weight is 392 g/mol. The van der Waals surface area contributed by atoms with Crippen LogP contribution in [0.15, 0.2) is 30.5 Å². The van der Waals surface area contributed by atoms with Gasteiger partial charge in [-0.15, -0.1) is 5.10 Å². The summed E-state index contributed by atoms with van der Waals surface area (Å²) in [6.45, 7) is 4.00. The van der Waals surface area contributed by atoms with Crippen molar-refractivity contribution in [2.45, 2.75) is 25.8 Å². The van der Waals surface area contributed by atoms with Gasteiger partial charge in [-0.25, -0.2) is 0 Å². The summed E-state index contributed by atoms with van der Waals surface area (Å²) in [7, 11) is 1.77. The number of halogens is 1. The highest BCUT2D eigenvalue weighted by Crippen LogP contribution is 2.16. The summed E-state index contributed by atoms with van der Waals surface area (Å²) in [6.07, 6.45) is 4.85. The van der Waals surface area contributed by atoms with Crippen molar-refractivity contribution in [3.05, 3.63) is 41.2 Å². The van der Waals surface area contributed by atoms with Crippen LogP contribution in [-0.2, 0) is 6.54 Å². The minimum atomic E-state index is -0.116. The number of ether oxygens (including phenoxy) is 1. The zero-order valence-corrected chi connectivity index (χ0v) is 16.4. The number of aromatic nitrogens is 3. The minimum absolute atomic E-state index is 0.116. The summed E-state index contributed by atoms with van der Waals surface area (Å²) in [6, 6.07) is 7.24. The van der Waals surface area contributed by atoms with Gasteiger partial charge in [-0.05, 0) is 62.5 Å². The molecule has 0 unspecified atom stereocenters. The van der Waals surface area contributed by atoms with Crippen LogP contribution in [0.3, 0.4) is 0 Å². The Hall–Kier alpha value is -2.12. The van der Waals surface area contributed by atoms with Crippen LogP contribution in [-0.4, -0.2) is 59.1 Å². The Morgan fingerprint density at radius 1 is 1.41 bits per heavy atom. The summed E-state index contributed by atoms with van der Waals surface area (Å²) < 4.78 is 7.43. The van der Waals surface area contributed by atoms with E-state index in [2.05, 4.69) is 15.6 Å². The van der Waals surface area contributed by atoms with Crippen molar-refractivity contribution < 1.29 is 9.53 Å². The Labute approximate surface area is 164 Å². The van der Waals surface area contributed by atoms with Crippen molar-refractivity contribution >= 4 is 17.5 Å². The van der Waals surface area contributed by atoms with E-state index >= 15 is 0 Å². The summed E-state index contributed by atoms with van der Waals surface area (Å²) in [5.74, 6) is 1.20. The van der Waals surface area contributed by atoms with Crippen LogP contribution >= 0.6 is 11.6 Å². The topological polar surface area (TPSA) is 72.3 Å². The number of nitrogens with one attached hydrogen (secondary N) is 1. The fourth-order valence-corrected chi connectivity index (χ4v) is 3.28. The number of nitrogens with zero attached hydrogens (tertiary/aromatic N) is 4. The predicted molar refractivity (Wildman–Crippen MR) is 104 cm³/mol. The smallest absolute Gasteiger partial charge is 0.275 e. The summed E-state index contributed by atoms with van der Waals surface area (Å²) >= 11 is 5.85. The molecule has 2 aromatic rings. The number of hydrogen-bond acceptors (Lipinski definition) is 5. The first-order valence-corrected chi connectivity index (χ1v) is 9.74.